The van der Waals surface area contributed by atoms with Crippen LogP contribution in [-0.2, 0) is 11.4 Å². The first-order valence-corrected chi connectivity index (χ1v) is 10.3. The molecule has 1 aromatic carbocycles. The van der Waals surface area contributed by atoms with Crippen molar-refractivity contribution in [3.63, 3.8) is 0 Å². The van der Waals surface area contributed by atoms with E-state index in [1.165, 1.54) is 11.2 Å². The number of ether oxygens (including phenoxy) is 1. The van der Waals surface area contributed by atoms with Crippen LogP contribution in [0.1, 0.15) is 48.4 Å². The number of nitriles is 1. The summed E-state index contributed by atoms with van der Waals surface area (Å²) in [5.41, 5.74) is -0.198. The lowest BCUT2D eigenvalue weighted by Gasteiger charge is -2.69. The number of aliphatic hydroxyl groups is 1. The summed E-state index contributed by atoms with van der Waals surface area (Å²) in [4.78, 5) is 17.3. The normalized spacial score (nSPS) is 27.4. The van der Waals surface area contributed by atoms with Crippen molar-refractivity contribution in [3.05, 3.63) is 58.8 Å². The largest absolute Gasteiger partial charge is 0.477 e. The number of hydrogen-bond acceptors (Lipinski definition) is 6. The Morgan fingerprint density at radius 3 is 2.59 bits per heavy atom. The van der Waals surface area contributed by atoms with E-state index in [-0.39, 0.29) is 16.9 Å². The van der Waals surface area contributed by atoms with Crippen LogP contribution in [-0.4, -0.2) is 33.8 Å². The summed E-state index contributed by atoms with van der Waals surface area (Å²) < 4.78 is 34.1. The Bertz CT molecular complexity index is 1120. The molecule has 1 amide bonds. The van der Waals surface area contributed by atoms with Gasteiger partial charge in [-0.25, -0.2) is 18.8 Å². The highest BCUT2D eigenvalue weighted by Gasteiger charge is 2.73. The van der Waals surface area contributed by atoms with Gasteiger partial charge in [-0.2, -0.15) is 10.4 Å². The number of aliphatic hydroxyl groups excluding tert-OH is 1. The van der Waals surface area contributed by atoms with E-state index in [4.69, 9.17) is 15.1 Å². The third-order valence-electron chi connectivity index (χ3n) is 6.73. The molecule has 2 bridgehead atoms. The van der Waals surface area contributed by atoms with Gasteiger partial charge in [0.2, 0.25) is 11.8 Å². The zero-order valence-electron chi connectivity index (χ0n) is 17.1. The molecular weight excluding hydrogens is 418 g/mol. The Morgan fingerprint density at radius 1 is 1.28 bits per heavy atom. The Morgan fingerprint density at radius 2 is 2.00 bits per heavy atom. The molecule has 3 aliphatic carbocycles. The fraction of sp³-hybridized carbons (Fsp3) is 0.391. The second-order valence-corrected chi connectivity index (χ2v) is 8.92. The van der Waals surface area contributed by atoms with E-state index in [9.17, 15) is 13.6 Å². The first-order valence-electron chi connectivity index (χ1n) is 10.3. The van der Waals surface area contributed by atoms with Gasteiger partial charge in [-0.15, -0.1) is 0 Å². The van der Waals surface area contributed by atoms with Crippen molar-refractivity contribution in [2.24, 2.45) is 15.9 Å². The number of halogens is 2. The number of pyridine rings is 1. The van der Waals surface area contributed by atoms with Gasteiger partial charge in [-0.05, 0) is 43.0 Å². The first-order chi connectivity index (χ1) is 15.4. The van der Waals surface area contributed by atoms with Crippen LogP contribution in [0.4, 0.5) is 8.78 Å². The van der Waals surface area contributed by atoms with Crippen molar-refractivity contribution in [3.8, 4) is 11.9 Å². The highest BCUT2D eigenvalue weighted by Crippen LogP contribution is 2.74. The third-order valence-corrected chi connectivity index (χ3v) is 6.73. The average Bonchev–Trinajstić information content (AvgIpc) is 3.22. The fourth-order valence-corrected chi connectivity index (χ4v) is 5.23. The van der Waals surface area contributed by atoms with E-state index in [2.05, 4.69) is 10.1 Å². The van der Waals surface area contributed by atoms with E-state index >= 15 is 0 Å². The van der Waals surface area contributed by atoms with Gasteiger partial charge in [0.05, 0.1) is 30.2 Å². The first kappa shape index (κ1) is 20.5. The van der Waals surface area contributed by atoms with E-state index in [0.29, 0.717) is 49.3 Å². The Balaban J connectivity index is 1.23. The summed E-state index contributed by atoms with van der Waals surface area (Å²) in [6.45, 7) is -0.292. The van der Waals surface area contributed by atoms with Crippen molar-refractivity contribution in [1.82, 2.24) is 9.99 Å². The van der Waals surface area contributed by atoms with E-state index in [0.717, 1.165) is 12.1 Å². The minimum atomic E-state index is -0.833. The van der Waals surface area contributed by atoms with Gasteiger partial charge in [0.1, 0.15) is 17.7 Å². The maximum atomic E-state index is 14.2. The Hall–Kier alpha value is -3.38. The topological polar surface area (TPSA) is 98.8 Å². The molecule has 32 heavy (non-hydrogen) atoms. The van der Waals surface area contributed by atoms with Crippen molar-refractivity contribution in [2.45, 2.75) is 38.3 Å². The summed E-state index contributed by atoms with van der Waals surface area (Å²) in [5, 5.41) is 23.5. The molecule has 4 aliphatic rings. The van der Waals surface area contributed by atoms with Crippen molar-refractivity contribution in [1.29, 1.82) is 5.26 Å². The van der Waals surface area contributed by atoms with Crippen LogP contribution in [0, 0.1) is 33.8 Å². The fourth-order valence-electron chi connectivity index (χ4n) is 5.23. The summed E-state index contributed by atoms with van der Waals surface area (Å²) >= 11 is 0. The van der Waals surface area contributed by atoms with Gasteiger partial charge in [-0.1, -0.05) is 0 Å². The summed E-state index contributed by atoms with van der Waals surface area (Å²) in [7, 11) is 0. The number of benzene rings is 1. The van der Waals surface area contributed by atoms with Gasteiger partial charge in [-0.3, -0.25) is 4.79 Å². The lowest BCUT2D eigenvalue weighted by atomic mass is 9.35. The SMILES string of the molecule is N#Cc1ccc(OCC23CC(C(=O)N4N=CCC4c4cc(F)c(CO)c(F)c4)(C2)C3)nc1. The highest BCUT2D eigenvalue weighted by molar-refractivity contribution is 5.88. The maximum absolute atomic E-state index is 14.2. The highest BCUT2D eigenvalue weighted by atomic mass is 19.1. The maximum Gasteiger partial charge on any atom is 0.249 e. The van der Waals surface area contributed by atoms with Crippen LogP contribution in [0.5, 0.6) is 5.88 Å². The predicted molar refractivity (Wildman–Crippen MR) is 108 cm³/mol. The van der Waals surface area contributed by atoms with Crippen molar-refractivity contribution < 1.29 is 23.4 Å². The van der Waals surface area contributed by atoms with Gasteiger partial charge >= 0.3 is 0 Å². The molecule has 0 radical (unpaired) electrons. The van der Waals surface area contributed by atoms with Crippen LogP contribution in [0.25, 0.3) is 0 Å². The number of rotatable bonds is 6. The number of aromatic nitrogens is 1. The smallest absolute Gasteiger partial charge is 0.249 e. The molecular formula is C23H20F2N4O3. The Labute approximate surface area is 182 Å². The molecule has 2 aromatic rings. The van der Waals surface area contributed by atoms with Crippen LogP contribution >= 0.6 is 0 Å². The number of carbonyl (C=O) groups excluding carboxylic acids is 1. The van der Waals surface area contributed by atoms with E-state index < -0.39 is 29.7 Å². The molecule has 9 heteroatoms. The van der Waals surface area contributed by atoms with Crippen molar-refractivity contribution in [2.75, 3.05) is 6.61 Å². The van der Waals surface area contributed by atoms with Crippen LogP contribution < -0.4 is 4.74 Å². The molecule has 3 saturated carbocycles. The lowest BCUT2D eigenvalue weighted by Crippen LogP contribution is -2.69. The number of hydrazone groups is 1. The predicted octanol–water partition coefficient (Wildman–Crippen LogP) is 3.23. The second kappa shape index (κ2) is 7.35. The van der Waals surface area contributed by atoms with Crippen molar-refractivity contribution >= 4 is 12.1 Å². The molecule has 1 aliphatic heterocycles. The van der Waals surface area contributed by atoms with Crippen LogP contribution in [0.3, 0.4) is 0 Å². The van der Waals surface area contributed by atoms with E-state index in [1.54, 1.807) is 18.3 Å². The van der Waals surface area contributed by atoms with Gasteiger partial charge < -0.3 is 9.84 Å². The molecule has 0 spiro atoms. The molecule has 0 saturated heterocycles. The lowest BCUT2D eigenvalue weighted by molar-refractivity contribution is -0.227. The van der Waals surface area contributed by atoms with Gasteiger partial charge in [0, 0.05) is 35.9 Å². The monoisotopic (exact) mass is 438 g/mol. The number of carbonyl (C=O) groups is 1. The Kier molecular flexibility index (Phi) is 4.71. The molecule has 2 heterocycles. The van der Waals surface area contributed by atoms with Crippen LogP contribution in [0.2, 0.25) is 0 Å². The van der Waals surface area contributed by atoms with Gasteiger partial charge in [0.15, 0.2) is 0 Å². The molecule has 164 valence electrons. The molecule has 7 nitrogen and oxygen atoms in total. The molecule has 1 N–H and O–H groups in total. The number of amides is 1. The zero-order valence-corrected chi connectivity index (χ0v) is 17.1. The summed E-state index contributed by atoms with van der Waals surface area (Å²) in [5.74, 6) is -1.37. The van der Waals surface area contributed by atoms with E-state index in [1.807, 2.05) is 6.07 Å². The minimum absolute atomic E-state index is 0.0782. The molecule has 1 aromatic heterocycles. The zero-order chi connectivity index (χ0) is 22.5. The minimum Gasteiger partial charge on any atom is -0.477 e. The molecule has 1 atom stereocenters. The molecule has 1 unspecified atom stereocenters. The summed E-state index contributed by atoms with van der Waals surface area (Å²) in [6, 6.07) is 7.05. The number of hydrogen-bond donors (Lipinski definition) is 1. The van der Waals surface area contributed by atoms with Gasteiger partial charge in [0.25, 0.3) is 0 Å². The second-order valence-electron chi connectivity index (χ2n) is 8.92. The average molecular weight is 438 g/mol. The third kappa shape index (κ3) is 3.14. The quantitative estimate of drug-likeness (QED) is 0.747. The van der Waals surface area contributed by atoms with Crippen LogP contribution in [0.15, 0.2) is 35.6 Å². The summed E-state index contributed by atoms with van der Waals surface area (Å²) in [6.07, 6.45) is 5.41. The standard InChI is InChI=1S/C23H20F2N4O3/c24-17-5-15(6-18(25)16(17)9-30)19-3-4-28-29(19)21(31)23-10-22(11-23,12-23)13-32-20-2-1-14(7-26)8-27-20/h1-2,4-6,8,19,30H,3,9-13H2. The molecule has 3 fully saturated rings. The molecule has 6 rings (SSSR count). The number of nitrogens with zero attached hydrogens (tertiary/aromatic N) is 4.